The van der Waals surface area contributed by atoms with Gasteiger partial charge < -0.3 is 54.5 Å². The van der Waals surface area contributed by atoms with Gasteiger partial charge in [-0.25, -0.2) is 4.79 Å². The molecule has 1 amide bonds. The quantitative estimate of drug-likeness (QED) is 0.0498. The molecule has 0 aromatic heterocycles. The van der Waals surface area contributed by atoms with Crippen molar-refractivity contribution in [2.24, 2.45) is 0 Å². The van der Waals surface area contributed by atoms with E-state index in [9.17, 15) is 49.2 Å². The number of rotatable bonds is 14. The number of Topliss-reactive ketones (excluding diaryl/α,β-unsaturated/α-hetero) is 1. The van der Waals surface area contributed by atoms with Crippen LogP contribution >= 0.6 is 0 Å². The van der Waals surface area contributed by atoms with Crippen LogP contribution in [0, 0.1) is 0 Å². The van der Waals surface area contributed by atoms with E-state index in [1.165, 1.54) is 32.2 Å². The Bertz CT molecular complexity index is 2560. The molecule has 4 aromatic carbocycles. The molecule has 17 nitrogen and oxygen atoms in total. The molecule has 6 N–H and O–H groups in total. The molecule has 6 atom stereocenters. The average Bonchev–Trinajstić information content (AvgIpc) is 3.61. The lowest BCUT2D eigenvalue weighted by atomic mass is 9.72. The summed E-state index contributed by atoms with van der Waals surface area (Å²) in [7, 11) is 1.29. The summed E-state index contributed by atoms with van der Waals surface area (Å²) in [6.45, 7) is 0.574. The lowest BCUT2D eigenvalue weighted by Crippen LogP contribution is -2.56. The number of ketones is 3. The molecule has 65 heavy (non-hydrogen) atoms. The Balaban J connectivity index is 1.05. The zero-order chi connectivity index (χ0) is 46.3. The summed E-state index contributed by atoms with van der Waals surface area (Å²) >= 11 is 0. The number of phenols is 2. The molecule has 1 saturated heterocycles. The maximum Gasteiger partial charge on any atom is 0.407 e. The van der Waals surface area contributed by atoms with E-state index >= 15 is 0 Å². The van der Waals surface area contributed by atoms with E-state index in [4.69, 9.17) is 28.8 Å². The van der Waals surface area contributed by atoms with Crippen molar-refractivity contribution in [2.45, 2.75) is 94.0 Å². The summed E-state index contributed by atoms with van der Waals surface area (Å²) in [6, 6.07) is 18.9. The molecule has 8 rings (SSSR count). The van der Waals surface area contributed by atoms with Gasteiger partial charge in [-0.1, -0.05) is 60.7 Å². The van der Waals surface area contributed by atoms with Crippen molar-refractivity contribution in [3.63, 3.8) is 0 Å². The van der Waals surface area contributed by atoms with Crippen molar-refractivity contribution < 1.29 is 78.0 Å². The Morgan fingerprint density at radius 1 is 0.831 bits per heavy atom. The van der Waals surface area contributed by atoms with Gasteiger partial charge in [0.25, 0.3) is 0 Å². The highest BCUT2D eigenvalue weighted by molar-refractivity contribution is 6.31. The van der Waals surface area contributed by atoms with Gasteiger partial charge in [0.1, 0.15) is 35.6 Å². The van der Waals surface area contributed by atoms with Crippen LogP contribution in [0.25, 0.3) is 11.1 Å². The molecule has 17 heteroatoms. The number of hydrogen-bond acceptors (Lipinski definition) is 15. The fourth-order valence-electron chi connectivity index (χ4n) is 9.40. The minimum Gasteiger partial charge on any atom is -0.507 e. The monoisotopic (exact) mass is 893 g/mol. The van der Waals surface area contributed by atoms with Gasteiger partial charge in [0, 0.05) is 54.7 Å². The van der Waals surface area contributed by atoms with Gasteiger partial charge in [-0.3, -0.25) is 24.0 Å². The number of aliphatic carboxylic acids is 1. The van der Waals surface area contributed by atoms with Crippen LogP contribution < -0.4 is 10.1 Å². The first kappa shape index (κ1) is 44.9. The van der Waals surface area contributed by atoms with Crippen molar-refractivity contribution in [2.75, 3.05) is 20.3 Å². The van der Waals surface area contributed by atoms with Crippen LogP contribution in [0.2, 0.25) is 0 Å². The number of alkyl carbamates (subject to hydrolysis) is 1. The molecular weight excluding hydrogens is 847 g/mol. The first-order valence-electron chi connectivity index (χ1n) is 21.2. The fraction of sp³-hybridized carbons (Fsp3) is 0.375. The predicted octanol–water partition coefficient (Wildman–Crippen LogP) is 4.78. The van der Waals surface area contributed by atoms with Crippen molar-refractivity contribution >= 4 is 35.4 Å². The van der Waals surface area contributed by atoms with E-state index in [0.29, 0.717) is 0 Å². The first-order chi connectivity index (χ1) is 31.1. The number of carbonyl (C=O) groups excluding carboxylic acids is 5. The smallest absolute Gasteiger partial charge is 0.407 e. The van der Waals surface area contributed by atoms with Gasteiger partial charge in [0.2, 0.25) is 11.6 Å². The third kappa shape index (κ3) is 8.43. The third-order valence-electron chi connectivity index (χ3n) is 12.6. The Morgan fingerprint density at radius 3 is 2.15 bits per heavy atom. The van der Waals surface area contributed by atoms with Crippen LogP contribution in [-0.2, 0) is 39.8 Å². The highest BCUT2D eigenvalue weighted by Gasteiger charge is 2.51. The Kier molecular flexibility index (Phi) is 12.5. The number of esters is 1. The lowest BCUT2D eigenvalue weighted by molar-refractivity contribution is -0.249. The van der Waals surface area contributed by atoms with Gasteiger partial charge in [0.05, 0.1) is 42.0 Å². The number of ether oxygens (including phenoxy) is 5. The van der Waals surface area contributed by atoms with Gasteiger partial charge in [-0.15, -0.1) is 0 Å². The summed E-state index contributed by atoms with van der Waals surface area (Å²) in [5.74, 6) is -6.40. The van der Waals surface area contributed by atoms with Crippen LogP contribution in [0.15, 0.2) is 66.7 Å². The fourth-order valence-corrected chi connectivity index (χ4v) is 9.40. The SMILES string of the molecule is COc1cccc2c1C(=O)c1c(O)c3c(c(O)c1C2=O)C[C@@](O)(C(=O)COC(=O)CCCCC(=O)O)C[C@@H]3O[C@H]1C[C@H](NC(=O)OCC2c3ccccc3-c3ccccc32)[C@H](O)[C@H](C)O1. The summed E-state index contributed by atoms with van der Waals surface area (Å²) in [6.07, 6.45) is -7.61. The van der Waals surface area contributed by atoms with Crippen LogP contribution in [0.5, 0.6) is 17.2 Å². The maximum absolute atomic E-state index is 14.2. The molecule has 4 aliphatic rings. The molecule has 1 heterocycles. The molecule has 0 radical (unpaired) electrons. The molecular formula is C48H47NO16. The molecule has 340 valence electrons. The van der Waals surface area contributed by atoms with Crippen LogP contribution in [-0.4, -0.2) is 111 Å². The molecule has 1 fully saturated rings. The number of phenolic OH excluding ortho intramolecular Hbond substituents is 2. The van der Waals surface area contributed by atoms with Crippen LogP contribution in [0.3, 0.4) is 0 Å². The second-order valence-electron chi connectivity index (χ2n) is 16.7. The summed E-state index contributed by atoms with van der Waals surface area (Å²) in [5.41, 5.74) is -0.371. The van der Waals surface area contributed by atoms with E-state index in [0.717, 1.165) is 22.3 Å². The standard InChI is InChI=1S/C48H47NO16/c1-23-42(54)31(49-47(59)63-21-30-26-12-5-3-10-24(26)25-11-4-6-13-27(25)30)18-37(64-23)65-33-20-48(60,34(50)22-62-36(53)17-8-7-16-35(51)52)19-29-39(33)46(58)41-40(44(29)56)43(55)28-14-9-15-32(61-2)38(28)45(41)57/h3-6,9-15,23,30-31,33,37,42,54,56,58,60H,7-8,16-22H2,1-2H3,(H,49,59)(H,51,52)/t23-,31-,33-,37-,42+,48-/m0/s1. The molecule has 0 spiro atoms. The van der Waals surface area contributed by atoms with Crippen molar-refractivity contribution in [3.8, 4) is 28.4 Å². The number of carboxylic acid groups (broad SMARTS) is 1. The van der Waals surface area contributed by atoms with Crippen molar-refractivity contribution in [1.29, 1.82) is 0 Å². The maximum atomic E-state index is 14.2. The van der Waals surface area contributed by atoms with Crippen LogP contribution in [0.1, 0.15) is 112 Å². The minimum absolute atomic E-state index is 0.00910. The van der Waals surface area contributed by atoms with Gasteiger partial charge >= 0.3 is 18.0 Å². The lowest BCUT2D eigenvalue weighted by Gasteiger charge is -2.42. The number of carbonyl (C=O) groups is 6. The Hall–Kier alpha value is -6.66. The summed E-state index contributed by atoms with van der Waals surface area (Å²) < 4.78 is 28.6. The zero-order valence-electron chi connectivity index (χ0n) is 35.4. The number of fused-ring (bicyclic) bond motifs is 6. The van der Waals surface area contributed by atoms with Gasteiger partial charge in [-0.05, 0) is 48.1 Å². The number of methoxy groups -OCH3 is 1. The van der Waals surface area contributed by atoms with Gasteiger partial charge in [0.15, 0.2) is 18.7 Å². The second-order valence-corrected chi connectivity index (χ2v) is 16.7. The Labute approximate surface area is 371 Å². The van der Waals surface area contributed by atoms with Gasteiger partial charge in [-0.2, -0.15) is 0 Å². The van der Waals surface area contributed by atoms with E-state index in [1.54, 1.807) is 0 Å². The first-order valence-corrected chi connectivity index (χ1v) is 21.2. The Morgan fingerprint density at radius 2 is 1.48 bits per heavy atom. The largest absolute Gasteiger partial charge is 0.507 e. The number of carboxylic acids is 1. The molecule has 3 aliphatic carbocycles. The van der Waals surface area contributed by atoms with E-state index in [2.05, 4.69) is 5.32 Å². The minimum atomic E-state index is -2.47. The number of aliphatic hydroxyl groups excluding tert-OH is 1. The number of aromatic hydroxyl groups is 2. The third-order valence-corrected chi connectivity index (χ3v) is 12.6. The number of nitrogens with one attached hydrogen (secondary N) is 1. The predicted molar refractivity (Wildman–Crippen MR) is 226 cm³/mol. The van der Waals surface area contributed by atoms with Crippen LogP contribution in [0.4, 0.5) is 4.79 Å². The number of hydrogen-bond donors (Lipinski definition) is 6. The van der Waals surface area contributed by atoms with E-state index in [1.807, 2.05) is 48.5 Å². The van der Waals surface area contributed by atoms with Crippen molar-refractivity contribution in [3.05, 3.63) is 111 Å². The number of benzene rings is 4. The van der Waals surface area contributed by atoms with E-state index < -0.39 is 114 Å². The zero-order valence-corrected chi connectivity index (χ0v) is 35.4. The van der Waals surface area contributed by atoms with E-state index in [-0.39, 0.29) is 72.6 Å². The highest BCUT2D eigenvalue weighted by atomic mass is 16.7. The number of amides is 1. The normalized spacial score (nSPS) is 23.0. The average molecular weight is 894 g/mol. The summed E-state index contributed by atoms with van der Waals surface area (Å²) in [4.78, 5) is 78.7. The molecule has 0 unspecified atom stereocenters. The topological polar surface area (TPSA) is 262 Å². The number of aliphatic hydroxyl groups is 2. The molecule has 1 aliphatic heterocycles. The summed E-state index contributed by atoms with van der Waals surface area (Å²) in [5, 5.41) is 58.7. The number of unbranched alkanes of at least 4 members (excludes halogenated alkanes) is 1. The second kappa shape index (κ2) is 18.1. The molecule has 0 bridgehead atoms. The van der Waals surface area contributed by atoms with Crippen molar-refractivity contribution in [1.82, 2.24) is 5.32 Å². The highest BCUT2D eigenvalue weighted by Crippen LogP contribution is 2.53. The molecule has 4 aromatic rings. The molecule has 0 saturated carbocycles.